The molecule has 10 heteroatoms. The lowest BCUT2D eigenvalue weighted by Gasteiger charge is -2.62. The van der Waals surface area contributed by atoms with Gasteiger partial charge in [0.05, 0.1) is 16.5 Å². The van der Waals surface area contributed by atoms with Crippen molar-refractivity contribution >= 4 is 42.5 Å². The van der Waals surface area contributed by atoms with Gasteiger partial charge in [0, 0.05) is 24.1 Å². The number of Topliss-reactive ketones (excluding diaryl/α,β-unsaturated/α-hetero) is 1. The van der Waals surface area contributed by atoms with Gasteiger partial charge in [0.15, 0.2) is 0 Å². The molecule has 3 N–H and O–H groups in total. The number of ketones is 1. The molecule has 4 aliphatic rings. The minimum atomic E-state index is -4.68. The van der Waals surface area contributed by atoms with Crippen molar-refractivity contribution in [1.82, 2.24) is 5.32 Å². The molecule has 10 atom stereocenters. The number of thiophene rings is 1. The van der Waals surface area contributed by atoms with Crippen LogP contribution in [0.3, 0.4) is 0 Å². The second-order valence-electron chi connectivity index (χ2n) is 14.4. The van der Waals surface area contributed by atoms with E-state index in [9.17, 15) is 23.9 Å². The van der Waals surface area contributed by atoms with Crippen LogP contribution in [0.1, 0.15) is 103 Å². The van der Waals surface area contributed by atoms with E-state index >= 15 is 0 Å². The molecule has 1 heterocycles. The number of carbonyl (C=O) groups is 2. The van der Waals surface area contributed by atoms with Crippen molar-refractivity contribution in [1.29, 1.82) is 0 Å². The fourth-order valence-corrected chi connectivity index (χ4v) is 11.8. The second kappa shape index (κ2) is 11.6. The Bertz CT molecular complexity index is 1200. The van der Waals surface area contributed by atoms with Crippen molar-refractivity contribution in [3.8, 4) is 0 Å². The van der Waals surface area contributed by atoms with Gasteiger partial charge in [-0.1, -0.05) is 46.2 Å². The zero-order valence-corrected chi connectivity index (χ0v) is 27.4. The molecule has 1 aromatic rings. The molecule has 4 fully saturated rings. The molecule has 1 aromatic heterocycles. The highest BCUT2D eigenvalue weighted by atomic mass is 35.5. The highest BCUT2D eigenvalue weighted by molar-refractivity contribution is 7.46. The minimum Gasteiger partial charge on any atom is -0.348 e. The van der Waals surface area contributed by atoms with Gasteiger partial charge >= 0.3 is 7.82 Å². The van der Waals surface area contributed by atoms with E-state index in [2.05, 4.69) is 39.9 Å². The lowest BCUT2D eigenvalue weighted by Crippen LogP contribution is -2.58. The van der Waals surface area contributed by atoms with Crippen LogP contribution in [0.5, 0.6) is 0 Å². The summed E-state index contributed by atoms with van der Waals surface area (Å²) in [7, 11) is -4.68. The van der Waals surface area contributed by atoms with Gasteiger partial charge in [-0.05, 0) is 103 Å². The molecule has 1 amide bonds. The number of phosphoric acid groups is 1. The first-order valence-electron chi connectivity index (χ1n) is 15.4. The molecular weight excluding hydrogens is 581 g/mol. The smallest absolute Gasteiger partial charge is 0.348 e. The molecule has 2 unspecified atom stereocenters. The first-order chi connectivity index (χ1) is 19.1. The molecule has 41 heavy (non-hydrogen) atoms. The average molecular weight is 628 g/mol. The van der Waals surface area contributed by atoms with E-state index in [1.165, 1.54) is 11.3 Å². The lowest BCUT2D eigenvalue weighted by atomic mass is 9.44. The Morgan fingerprint density at radius 2 is 1.85 bits per heavy atom. The fraction of sp³-hybridized carbons (Fsp3) is 0.806. The third-order valence-electron chi connectivity index (χ3n) is 11.9. The van der Waals surface area contributed by atoms with Gasteiger partial charge in [-0.2, -0.15) is 0 Å². The summed E-state index contributed by atoms with van der Waals surface area (Å²) in [5.41, 5.74) is -0.0292. The predicted molar refractivity (Wildman–Crippen MR) is 161 cm³/mol. The third kappa shape index (κ3) is 6.13. The monoisotopic (exact) mass is 627 g/mol. The number of amides is 1. The summed E-state index contributed by atoms with van der Waals surface area (Å²) in [5, 5.41) is 3.28. The number of rotatable bonds is 8. The number of phosphoric ester groups is 1. The van der Waals surface area contributed by atoms with E-state index in [0.717, 1.165) is 41.3 Å². The Kier molecular flexibility index (Phi) is 8.98. The SMILES string of the molecule is CC(C)C(NC(=O)C[C@@H](C)C1CC[C@H]2[C@@H]3[C@H](OP(=O)(O)O)C[C@@H]4CC(=O)CC[C@]4(C)[C@H]3CC[C@]12C)c1ccc(Cl)s1. The quantitative estimate of drug-likeness (QED) is 0.256. The highest BCUT2D eigenvalue weighted by Gasteiger charge is 2.64. The number of nitrogens with one attached hydrogen (secondary N) is 1. The maximum Gasteiger partial charge on any atom is 0.469 e. The van der Waals surface area contributed by atoms with Crippen LogP contribution in [0.4, 0.5) is 0 Å². The largest absolute Gasteiger partial charge is 0.469 e. The zero-order chi connectivity index (χ0) is 29.9. The molecule has 4 saturated carbocycles. The molecule has 0 aromatic carbocycles. The minimum absolute atomic E-state index is 0.00516. The Balaban J connectivity index is 1.34. The number of hydrogen-bond donors (Lipinski definition) is 3. The molecule has 0 bridgehead atoms. The van der Waals surface area contributed by atoms with E-state index in [-0.39, 0.29) is 64.1 Å². The molecule has 230 valence electrons. The van der Waals surface area contributed by atoms with Crippen molar-refractivity contribution in [2.45, 2.75) is 105 Å². The van der Waals surface area contributed by atoms with Crippen LogP contribution in [0.15, 0.2) is 12.1 Å². The summed E-state index contributed by atoms with van der Waals surface area (Å²) < 4.78 is 18.4. The number of halogens is 1. The Hall–Kier alpha value is -0.760. The summed E-state index contributed by atoms with van der Waals surface area (Å²) in [4.78, 5) is 46.6. The van der Waals surface area contributed by atoms with E-state index in [4.69, 9.17) is 16.1 Å². The third-order valence-corrected chi connectivity index (χ3v) is 13.8. The molecule has 7 nitrogen and oxygen atoms in total. The van der Waals surface area contributed by atoms with E-state index in [1.54, 1.807) is 0 Å². The Labute approximate surface area is 253 Å². The lowest BCUT2D eigenvalue weighted by molar-refractivity contribution is -0.166. The van der Waals surface area contributed by atoms with Crippen LogP contribution in [0.25, 0.3) is 0 Å². The molecule has 4 aliphatic carbocycles. The van der Waals surface area contributed by atoms with Crippen molar-refractivity contribution < 1.29 is 28.5 Å². The van der Waals surface area contributed by atoms with Crippen molar-refractivity contribution in [2.24, 2.45) is 52.3 Å². The van der Waals surface area contributed by atoms with Crippen LogP contribution in [-0.2, 0) is 18.7 Å². The summed E-state index contributed by atoms with van der Waals surface area (Å²) in [6.45, 7) is 11.1. The molecular formula is C31H47ClNO6PS. The Morgan fingerprint density at radius 1 is 1.15 bits per heavy atom. The van der Waals surface area contributed by atoms with Gasteiger partial charge in [0.25, 0.3) is 0 Å². The van der Waals surface area contributed by atoms with Gasteiger partial charge in [0.2, 0.25) is 5.91 Å². The average Bonchev–Trinajstić information content (AvgIpc) is 3.45. The summed E-state index contributed by atoms with van der Waals surface area (Å²) in [6.07, 6.45) is 6.40. The molecule has 0 spiro atoms. The summed E-state index contributed by atoms with van der Waals surface area (Å²) in [6, 6.07) is 3.80. The Morgan fingerprint density at radius 3 is 2.49 bits per heavy atom. The summed E-state index contributed by atoms with van der Waals surface area (Å²) >= 11 is 7.69. The van der Waals surface area contributed by atoms with Crippen molar-refractivity contribution in [3.05, 3.63) is 21.3 Å². The van der Waals surface area contributed by atoms with Crippen molar-refractivity contribution in [3.63, 3.8) is 0 Å². The normalized spacial score (nSPS) is 38.6. The van der Waals surface area contributed by atoms with Crippen LogP contribution in [0, 0.1) is 52.3 Å². The van der Waals surface area contributed by atoms with E-state index < -0.39 is 13.9 Å². The summed E-state index contributed by atoms with van der Waals surface area (Å²) in [5.74, 6) is 1.81. The number of carbonyl (C=O) groups excluding carboxylic acids is 2. The van der Waals surface area contributed by atoms with Gasteiger partial charge in [0.1, 0.15) is 5.78 Å². The zero-order valence-electron chi connectivity index (χ0n) is 25.0. The maximum atomic E-state index is 13.4. The van der Waals surface area contributed by atoms with Crippen molar-refractivity contribution in [2.75, 3.05) is 0 Å². The predicted octanol–water partition coefficient (Wildman–Crippen LogP) is 7.56. The van der Waals surface area contributed by atoms with Crippen LogP contribution < -0.4 is 5.32 Å². The van der Waals surface area contributed by atoms with Crippen LogP contribution in [0.2, 0.25) is 4.34 Å². The molecule has 0 saturated heterocycles. The van der Waals surface area contributed by atoms with E-state index in [1.807, 2.05) is 12.1 Å². The highest BCUT2D eigenvalue weighted by Crippen LogP contribution is 2.69. The van der Waals surface area contributed by atoms with Crippen LogP contribution >= 0.6 is 30.8 Å². The maximum absolute atomic E-state index is 13.4. The fourth-order valence-electron chi connectivity index (χ4n) is 9.98. The molecule has 0 aliphatic heterocycles. The van der Waals surface area contributed by atoms with Gasteiger partial charge < -0.3 is 15.1 Å². The second-order valence-corrected chi connectivity index (χ2v) is 17.4. The number of fused-ring (bicyclic) bond motifs is 5. The first-order valence-corrected chi connectivity index (χ1v) is 18.1. The number of hydrogen-bond acceptors (Lipinski definition) is 5. The topological polar surface area (TPSA) is 113 Å². The standard InChI is InChI=1S/C31H47ClNO6PS/c1-17(2)29(25-8-9-26(32)41-25)33-27(35)14-18(3)21-6-7-22-28-23(11-13-31(21,22)5)30(4)12-10-20(34)15-19(30)16-24(28)39-40(36,37)38/h8-9,17-19,21-24,28-29H,6-7,10-16H2,1-5H3,(H,33,35)(H2,36,37,38)/t18-,19+,21?,22+,23+,24-,28+,29?,30+,31-/m1/s1. The molecule has 5 rings (SSSR count). The van der Waals surface area contributed by atoms with Crippen LogP contribution in [-0.4, -0.2) is 27.6 Å². The first kappa shape index (κ1) is 31.7. The van der Waals surface area contributed by atoms with Gasteiger partial charge in [-0.3, -0.25) is 14.1 Å². The van der Waals surface area contributed by atoms with Gasteiger partial charge in [-0.15, -0.1) is 11.3 Å². The van der Waals surface area contributed by atoms with E-state index in [0.29, 0.717) is 31.6 Å². The van der Waals surface area contributed by atoms with Gasteiger partial charge in [-0.25, -0.2) is 4.57 Å². The molecule has 0 radical (unpaired) electrons.